The monoisotopic (exact) mass is 246 g/mol. The molecule has 0 aliphatic heterocycles. The van der Waals surface area contributed by atoms with Gasteiger partial charge in [-0.3, -0.25) is 0 Å². The third kappa shape index (κ3) is 3.07. The molecule has 2 rings (SSSR count). The molecular formula is C13H18N4O. The van der Waals surface area contributed by atoms with Crippen LogP contribution in [0.5, 0.6) is 0 Å². The van der Waals surface area contributed by atoms with Crippen LogP contribution in [-0.2, 0) is 4.74 Å². The molecule has 0 bridgehead atoms. The Kier molecular flexibility index (Phi) is 4.30. The van der Waals surface area contributed by atoms with Gasteiger partial charge >= 0.3 is 0 Å². The predicted molar refractivity (Wildman–Crippen MR) is 70.9 cm³/mol. The fourth-order valence-corrected chi connectivity index (χ4v) is 1.74. The molecule has 0 aliphatic carbocycles. The zero-order valence-electron chi connectivity index (χ0n) is 10.7. The van der Waals surface area contributed by atoms with Crippen LogP contribution in [-0.4, -0.2) is 35.0 Å². The van der Waals surface area contributed by atoms with E-state index in [0.29, 0.717) is 5.92 Å². The number of hydrogen-bond acceptors (Lipinski definition) is 4. The summed E-state index contributed by atoms with van der Waals surface area (Å²) >= 11 is 0. The van der Waals surface area contributed by atoms with Gasteiger partial charge < -0.3 is 10.1 Å². The molecule has 96 valence electrons. The number of rotatable bonds is 6. The van der Waals surface area contributed by atoms with Crippen molar-refractivity contribution >= 4 is 5.69 Å². The Bertz CT molecular complexity index is 470. The number of ether oxygens (including phenoxy) is 1. The summed E-state index contributed by atoms with van der Waals surface area (Å²) in [6.07, 6.45) is 5.39. The van der Waals surface area contributed by atoms with Gasteiger partial charge in [0.05, 0.1) is 12.3 Å². The zero-order chi connectivity index (χ0) is 12.8. The van der Waals surface area contributed by atoms with E-state index in [1.807, 2.05) is 24.4 Å². The summed E-state index contributed by atoms with van der Waals surface area (Å²) in [4.78, 5) is 4.35. The van der Waals surface area contributed by atoms with E-state index in [0.717, 1.165) is 24.7 Å². The molecule has 1 atom stereocenters. The minimum Gasteiger partial charge on any atom is -0.384 e. The highest BCUT2D eigenvalue weighted by Crippen LogP contribution is 2.16. The van der Waals surface area contributed by atoms with E-state index >= 15 is 0 Å². The van der Waals surface area contributed by atoms with Crippen LogP contribution >= 0.6 is 0 Å². The van der Waals surface area contributed by atoms with Crippen LogP contribution in [0.4, 0.5) is 5.69 Å². The number of aromatic nitrogens is 3. The maximum absolute atomic E-state index is 5.12. The highest BCUT2D eigenvalue weighted by atomic mass is 16.5. The molecule has 0 aromatic carbocycles. The van der Waals surface area contributed by atoms with Crippen molar-refractivity contribution in [1.82, 2.24) is 14.8 Å². The Morgan fingerprint density at radius 3 is 3.00 bits per heavy atom. The van der Waals surface area contributed by atoms with Crippen LogP contribution in [0.2, 0.25) is 0 Å². The molecular weight excluding hydrogens is 228 g/mol. The highest BCUT2D eigenvalue weighted by Gasteiger charge is 2.07. The molecule has 5 heteroatoms. The smallest absolute Gasteiger partial charge is 0.176 e. The number of pyridine rings is 1. The molecule has 0 radical (unpaired) electrons. The van der Waals surface area contributed by atoms with Crippen molar-refractivity contribution in [2.45, 2.75) is 6.92 Å². The fourth-order valence-electron chi connectivity index (χ4n) is 1.74. The Balaban J connectivity index is 2.09. The Morgan fingerprint density at radius 1 is 1.39 bits per heavy atom. The van der Waals surface area contributed by atoms with Crippen molar-refractivity contribution in [2.75, 3.05) is 25.6 Å². The van der Waals surface area contributed by atoms with E-state index in [2.05, 4.69) is 22.3 Å². The van der Waals surface area contributed by atoms with E-state index in [1.54, 1.807) is 24.2 Å². The van der Waals surface area contributed by atoms with Gasteiger partial charge in [0.2, 0.25) is 0 Å². The van der Waals surface area contributed by atoms with Gasteiger partial charge in [-0.2, -0.15) is 5.10 Å². The lowest BCUT2D eigenvalue weighted by atomic mass is 10.2. The molecule has 1 N–H and O–H groups in total. The molecule has 0 fully saturated rings. The standard InChI is InChI=1S/C13H18N4O/c1-11(10-18-2)9-15-12-5-3-6-14-13(12)17-8-4-7-16-17/h3-8,11,15H,9-10H2,1-2H3. The number of hydrogen-bond donors (Lipinski definition) is 1. The molecule has 0 spiro atoms. The summed E-state index contributed by atoms with van der Waals surface area (Å²) in [6.45, 7) is 3.72. The topological polar surface area (TPSA) is 52.0 Å². The molecule has 1 unspecified atom stereocenters. The van der Waals surface area contributed by atoms with E-state index in [9.17, 15) is 0 Å². The van der Waals surface area contributed by atoms with Gasteiger partial charge in [-0.1, -0.05) is 6.92 Å². The van der Waals surface area contributed by atoms with Crippen molar-refractivity contribution in [2.24, 2.45) is 5.92 Å². The van der Waals surface area contributed by atoms with Crippen LogP contribution in [0.25, 0.3) is 5.82 Å². The van der Waals surface area contributed by atoms with Gasteiger partial charge in [-0.05, 0) is 24.1 Å². The van der Waals surface area contributed by atoms with Gasteiger partial charge in [0.15, 0.2) is 5.82 Å². The second-order valence-corrected chi connectivity index (χ2v) is 4.27. The second kappa shape index (κ2) is 6.16. The van der Waals surface area contributed by atoms with Gasteiger partial charge in [0.25, 0.3) is 0 Å². The number of nitrogens with one attached hydrogen (secondary N) is 1. The van der Waals surface area contributed by atoms with E-state index in [-0.39, 0.29) is 0 Å². The number of anilines is 1. The number of methoxy groups -OCH3 is 1. The quantitative estimate of drug-likeness (QED) is 0.846. The van der Waals surface area contributed by atoms with Gasteiger partial charge in [-0.25, -0.2) is 9.67 Å². The summed E-state index contributed by atoms with van der Waals surface area (Å²) in [5.41, 5.74) is 0.976. The Labute approximate surface area is 107 Å². The van der Waals surface area contributed by atoms with Crippen LogP contribution in [0.15, 0.2) is 36.8 Å². The van der Waals surface area contributed by atoms with Gasteiger partial charge in [-0.15, -0.1) is 0 Å². The predicted octanol–water partition coefficient (Wildman–Crippen LogP) is 1.96. The lowest BCUT2D eigenvalue weighted by molar-refractivity contribution is 0.164. The largest absolute Gasteiger partial charge is 0.384 e. The maximum atomic E-state index is 5.12. The summed E-state index contributed by atoms with van der Waals surface area (Å²) in [5, 5.41) is 7.58. The molecule has 18 heavy (non-hydrogen) atoms. The summed E-state index contributed by atoms with van der Waals surface area (Å²) < 4.78 is 6.87. The minimum absolute atomic E-state index is 0.445. The van der Waals surface area contributed by atoms with Crippen LogP contribution in [0.1, 0.15) is 6.92 Å². The first kappa shape index (κ1) is 12.6. The van der Waals surface area contributed by atoms with Crippen molar-refractivity contribution in [3.63, 3.8) is 0 Å². The van der Waals surface area contributed by atoms with E-state index in [1.165, 1.54) is 0 Å². The molecule has 0 saturated heterocycles. The first-order chi connectivity index (χ1) is 8.81. The van der Waals surface area contributed by atoms with E-state index in [4.69, 9.17) is 4.74 Å². The molecule has 0 amide bonds. The number of nitrogens with zero attached hydrogens (tertiary/aromatic N) is 3. The van der Waals surface area contributed by atoms with Crippen molar-refractivity contribution in [3.05, 3.63) is 36.8 Å². The normalized spacial score (nSPS) is 12.3. The molecule has 5 nitrogen and oxygen atoms in total. The molecule has 2 heterocycles. The Morgan fingerprint density at radius 2 is 2.28 bits per heavy atom. The first-order valence-electron chi connectivity index (χ1n) is 5.99. The highest BCUT2D eigenvalue weighted by molar-refractivity contribution is 5.56. The SMILES string of the molecule is COCC(C)CNc1cccnc1-n1cccn1. The Hall–Kier alpha value is -1.88. The fraction of sp³-hybridized carbons (Fsp3) is 0.385. The minimum atomic E-state index is 0.445. The lowest BCUT2D eigenvalue weighted by Gasteiger charge is -2.14. The third-order valence-electron chi connectivity index (χ3n) is 2.60. The summed E-state index contributed by atoms with van der Waals surface area (Å²) in [6, 6.07) is 5.80. The van der Waals surface area contributed by atoms with Gasteiger partial charge in [0.1, 0.15) is 0 Å². The van der Waals surface area contributed by atoms with Crippen molar-refractivity contribution in [1.29, 1.82) is 0 Å². The first-order valence-corrected chi connectivity index (χ1v) is 5.99. The molecule has 2 aromatic rings. The van der Waals surface area contributed by atoms with Crippen LogP contribution in [0.3, 0.4) is 0 Å². The maximum Gasteiger partial charge on any atom is 0.176 e. The zero-order valence-corrected chi connectivity index (χ0v) is 10.7. The lowest BCUT2D eigenvalue weighted by Crippen LogP contribution is -2.17. The van der Waals surface area contributed by atoms with Crippen molar-refractivity contribution < 1.29 is 4.74 Å². The average Bonchev–Trinajstić information content (AvgIpc) is 2.91. The van der Waals surface area contributed by atoms with Crippen molar-refractivity contribution in [3.8, 4) is 5.82 Å². The average molecular weight is 246 g/mol. The van der Waals surface area contributed by atoms with E-state index < -0.39 is 0 Å². The molecule has 0 aliphatic rings. The molecule has 0 saturated carbocycles. The molecule has 2 aromatic heterocycles. The van der Waals surface area contributed by atoms with Crippen LogP contribution < -0.4 is 5.32 Å². The van der Waals surface area contributed by atoms with Gasteiger partial charge in [0, 0.05) is 32.2 Å². The third-order valence-corrected chi connectivity index (χ3v) is 2.60. The van der Waals surface area contributed by atoms with Crippen LogP contribution in [0, 0.1) is 5.92 Å². The summed E-state index contributed by atoms with van der Waals surface area (Å²) in [5.74, 6) is 1.26. The second-order valence-electron chi connectivity index (χ2n) is 4.27. The summed E-state index contributed by atoms with van der Waals surface area (Å²) in [7, 11) is 1.72.